The van der Waals surface area contributed by atoms with E-state index in [4.69, 9.17) is 9.84 Å². The molecule has 0 spiro atoms. The zero-order valence-electron chi connectivity index (χ0n) is 9.57. The fourth-order valence-electron chi connectivity index (χ4n) is 1.54. The van der Waals surface area contributed by atoms with Crippen LogP contribution in [0.25, 0.3) is 11.3 Å². The highest BCUT2D eigenvalue weighted by molar-refractivity contribution is 9.10. The third-order valence-corrected chi connectivity index (χ3v) is 3.21. The molecular weight excluding hydrogens is 323 g/mol. The van der Waals surface area contributed by atoms with Gasteiger partial charge in [0.05, 0.1) is 22.8 Å². The largest absolute Gasteiger partial charge is 0.503 e. The van der Waals surface area contributed by atoms with Crippen LogP contribution in [0.15, 0.2) is 16.6 Å². The number of H-pyrrole nitrogens is 1. The van der Waals surface area contributed by atoms with Gasteiger partial charge in [0.25, 0.3) is 0 Å². The number of carbonyl (C=O) groups is 1. The molecule has 2 aromatic rings. The molecule has 1 aromatic carbocycles. The Bertz CT molecular complexity index is 656. The number of phenols is 1. The first-order chi connectivity index (χ1) is 8.95. The Hall–Kier alpha value is -2.09. The minimum Gasteiger partial charge on any atom is -0.503 e. The Morgan fingerprint density at radius 2 is 2.21 bits per heavy atom. The maximum absolute atomic E-state index is 14.0. The van der Waals surface area contributed by atoms with Crippen LogP contribution in [0.2, 0.25) is 0 Å². The SMILES string of the molecule is COc1cc(F)c(-c2cc(C(=O)O)[nH]n2)c(Br)c1O. The minimum absolute atomic E-state index is 0.0350. The van der Waals surface area contributed by atoms with Crippen molar-refractivity contribution < 1.29 is 24.1 Å². The number of ether oxygens (including phenoxy) is 1. The lowest BCUT2D eigenvalue weighted by atomic mass is 10.1. The van der Waals surface area contributed by atoms with Gasteiger partial charge in [-0.2, -0.15) is 5.10 Å². The van der Waals surface area contributed by atoms with Gasteiger partial charge in [-0.05, 0) is 22.0 Å². The molecule has 2 rings (SSSR count). The number of hydrogen-bond donors (Lipinski definition) is 3. The van der Waals surface area contributed by atoms with Crippen molar-refractivity contribution in [1.82, 2.24) is 10.2 Å². The molecule has 0 atom stereocenters. The summed E-state index contributed by atoms with van der Waals surface area (Å²) in [5.74, 6) is -2.25. The van der Waals surface area contributed by atoms with Crippen LogP contribution < -0.4 is 4.74 Å². The fourth-order valence-corrected chi connectivity index (χ4v) is 2.12. The lowest BCUT2D eigenvalue weighted by Crippen LogP contribution is -1.95. The van der Waals surface area contributed by atoms with Gasteiger partial charge in [0.1, 0.15) is 11.5 Å². The third-order valence-electron chi connectivity index (χ3n) is 2.44. The molecule has 0 aliphatic heterocycles. The predicted molar refractivity (Wildman–Crippen MR) is 66.9 cm³/mol. The average molecular weight is 331 g/mol. The smallest absolute Gasteiger partial charge is 0.353 e. The lowest BCUT2D eigenvalue weighted by Gasteiger charge is -2.09. The van der Waals surface area contributed by atoms with Gasteiger partial charge in [-0.1, -0.05) is 0 Å². The maximum Gasteiger partial charge on any atom is 0.353 e. The van der Waals surface area contributed by atoms with Gasteiger partial charge in [0.15, 0.2) is 11.5 Å². The monoisotopic (exact) mass is 330 g/mol. The van der Waals surface area contributed by atoms with Crippen molar-refractivity contribution in [3.63, 3.8) is 0 Å². The van der Waals surface area contributed by atoms with E-state index in [1.807, 2.05) is 0 Å². The molecule has 0 saturated heterocycles. The highest BCUT2D eigenvalue weighted by Gasteiger charge is 2.21. The molecule has 1 aromatic heterocycles. The van der Waals surface area contributed by atoms with E-state index in [-0.39, 0.29) is 32.9 Å². The van der Waals surface area contributed by atoms with Gasteiger partial charge >= 0.3 is 5.97 Å². The van der Waals surface area contributed by atoms with E-state index >= 15 is 0 Å². The van der Waals surface area contributed by atoms with E-state index in [0.717, 1.165) is 12.1 Å². The van der Waals surface area contributed by atoms with Crippen LogP contribution in [-0.4, -0.2) is 33.5 Å². The topological polar surface area (TPSA) is 95.4 Å². The molecular formula is C11H8BrFN2O4. The van der Waals surface area contributed by atoms with Gasteiger partial charge in [0, 0.05) is 6.07 Å². The standard InChI is InChI=1S/C11H8BrFN2O4/c1-19-7-2-4(13)8(9(12)10(7)16)5-3-6(11(17)18)15-14-5/h2-3,16H,1H3,(H,14,15)(H,17,18). The summed E-state index contributed by atoms with van der Waals surface area (Å²) < 4.78 is 18.8. The first kappa shape index (κ1) is 13.3. The van der Waals surface area contributed by atoms with Crippen LogP contribution in [0.1, 0.15) is 10.5 Å². The van der Waals surface area contributed by atoms with Crippen molar-refractivity contribution in [3.05, 3.63) is 28.1 Å². The number of nitrogens with zero attached hydrogens (tertiary/aromatic N) is 1. The molecule has 0 fully saturated rings. The summed E-state index contributed by atoms with van der Waals surface area (Å²) in [5.41, 5.74) is -0.182. The van der Waals surface area contributed by atoms with E-state index in [0.29, 0.717) is 0 Å². The number of benzene rings is 1. The number of aromatic hydroxyl groups is 1. The van der Waals surface area contributed by atoms with Crippen LogP contribution in [0.3, 0.4) is 0 Å². The molecule has 0 bridgehead atoms. The molecule has 6 nitrogen and oxygen atoms in total. The number of carboxylic acids is 1. The fraction of sp³-hybridized carbons (Fsp3) is 0.0909. The Kier molecular flexibility index (Phi) is 3.43. The zero-order valence-corrected chi connectivity index (χ0v) is 11.2. The summed E-state index contributed by atoms with van der Waals surface area (Å²) >= 11 is 3.03. The molecule has 0 unspecified atom stereocenters. The van der Waals surface area contributed by atoms with E-state index < -0.39 is 11.8 Å². The summed E-state index contributed by atoms with van der Waals surface area (Å²) in [7, 11) is 1.29. The molecule has 3 N–H and O–H groups in total. The summed E-state index contributed by atoms with van der Waals surface area (Å²) in [6.07, 6.45) is 0. The van der Waals surface area contributed by atoms with Crippen LogP contribution in [0.4, 0.5) is 4.39 Å². The number of phenolic OH excluding ortho intramolecular Hbond substituents is 1. The minimum atomic E-state index is -1.21. The predicted octanol–water partition coefficient (Wildman–Crippen LogP) is 2.39. The van der Waals surface area contributed by atoms with Crippen LogP contribution in [0.5, 0.6) is 11.5 Å². The maximum atomic E-state index is 14.0. The number of aromatic carboxylic acids is 1. The molecule has 0 aliphatic carbocycles. The second-order valence-corrected chi connectivity index (χ2v) is 4.36. The Balaban J connectivity index is 2.61. The number of aromatic amines is 1. The second kappa shape index (κ2) is 4.88. The summed E-state index contributed by atoms with van der Waals surface area (Å²) in [6.45, 7) is 0. The number of carboxylic acid groups (broad SMARTS) is 1. The molecule has 0 radical (unpaired) electrons. The van der Waals surface area contributed by atoms with E-state index in [1.165, 1.54) is 7.11 Å². The first-order valence-electron chi connectivity index (χ1n) is 4.99. The van der Waals surface area contributed by atoms with Gasteiger partial charge in [-0.25, -0.2) is 9.18 Å². The molecule has 100 valence electrons. The molecule has 1 heterocycles. The second-order valence-electron chi connectivity index (χ2n) is 3.57. The van der Waals surface area contributed by atoms with Crippen molar-refractivity contribution in [2.75, 3.05) is 7.11 Å². The summed E-state index contributed by atoms with van der Waals surface area (Å²) in [6, 6.07) is 2.15. The molecule has 0 amide bonds. The van der Waals surface area contributed by atoms with Gasteiger partial charge in [-0.3, -0.25) is 5.10 Å². The van der Waals surface area contributed by atoms with Crippen molar-refractivity contribution in [1.29, 1.82) is 0 Å². The van der Waals surface area contributed by atoms with Crippen molar-refractivity contribution >= 4 is 21.9 Å². The molecule has 0 saturated carbocycles. The van der Waals surface area contributed by atoms with Crippen molar-refractivity contribution in [2.24, 2.45) is 0 Å². The number of aromatic nitrogens is 2. The summed E-state index contributed by atoms with van der Waals surface area (Å²) in [4.78, 5) is 10.7. The van der Waals surface area contributed by atoms with E-state index in [9.17, 15) is 14.3 Å². The quantitative estimate of drug-likeness (QED) is 0.803. The van der Waals surface area contributed by atoms with Crippen molar-refractivity contribution in [2.45, 2.75) is 0 Å². The highest BCUT2D eigenvalue weighted by Crippen LogP contribution is 2.42. The van der Waals surface area contributed by atoms with Crippen LogP contribution >= 0.6 is 15.9 Å². The summed E-state index contributed by atoms with van der Waals surface area (Å²) in [5, 5.41) is 24.5. The van der Waals surface area contributed by atoms with Gasteiger partial charge in [-0.15, -0.1) is 0 Å². The number of halogens is 2. The van der Waals surface area contributed by atoms with Crippen LogP contribution in [-0.2, 0) is 0 Å². The molecule has 19 heavy (non-hydrogen) atoms. The first-order valence-corrected chi connectivity index (χ1v) is 5.79. The van der Waals surface area contributed by atoms with Gasteiger partial charge < -0.3 is 14.9 Å². The zero-order chi connectivity index (χ0) is 14.2. The number of rotatable bonds is 3. The number of methoxy groups -OCH3 is 1. The average Bonchev–Trinajstić information content (AvgIpc) is 2.83. The van der Waals surface area contributed by atoms with Crippen molar-refractivity contribution in [3.8, 4) is 22.8 Å². The lowest BCUT2D eigenvalue weighted by molar-refractivity contribution is 0.0690. The Labute approximate surface area is 115 Å². The van der Waals surface area contributed by atoms with E-state index in [1.54, 1.807) is 0 Å². The normalized spacial score (nSPS) is 10.5. The molecule has 8 heteroatoms. The highest BCUT2D eigenvalue weighted by atomic mass is 79.9. The Morgan fingerprint density at radius 3 is 2.74 bits per heavy atom. The number of hydrogen-bond acceptors (Lipinski definition) is 4. The Morgan fingerprint density at radius 1 is 1.53 bits per heavy atom. The van der Waals surface area contributed by atoms with Gasteiger partial charge in [0.2, 0.25) is 0 Å². The van der Waals surface area contributed by atoms with Crippen LogP contribution in [0, 0.1) is 5.82 Å². The third kappa shape index (κ3) is 2.26. The van der Waals surface area contributed by atoms with E-state index in [2.05, 4.69) is 26.1 Å². The molecule has 0 aliphatic rings. The number of nitrogens with one attached hydrogen (secondary N) is 1.